The lowest BCUT2D eigenvalue weighted by Crippen LogP contribution is -2.38. The maximum Gasteiger partial charge on any atom is 0.290 e. The maximum atomic E-state index is 13.3. The molecule has 0 bridgehead atoms. The van der Waals surface area contributed by atoms with Crippen LogP contribution in [-0.4, -0.2) is 67.0 Å². The molecule has 2 aromatic carbocycles. The van der Waals surface area contributed by atoms with Crippen molar-refractivity contribution in [3.63, 3.8) is 0 Å². The van der Waals surface area contributed by atoms with Gasteiger partial charge in [0.05, 0.1) is 25.8 Å². The molecule has 2 aromatic rings. The highest BCUT2D eigenvalue weighted by atomic mass is 16.5. The molecule has 0 unspecified atom stereocenters. The van der Waals surface area contributed by atoms with Crippen molar-refractivity contribution in [1.82, 2.24) is 9.80 Å². The normalized spacial score (nSPS) is 16.1. The van der Waals surface area contributed by atoms with Gasteiger partial charge in [-0.05, 0) is 42.4 Å². The van der Waals surface area contributed by atoms with E-state index in [0.717, 1.165) is 18.7 Å². The van der Waals surface area contributed by atoms with E-state index >= 15 is 0 Å². The summed E-state index contributed by atoms with van der Waals surface area (Å²) >= 11 is 0. The number of ether oxygens (including phenoxy) is 2. The molecule has 0 saturated heterocycles. The molecule has 0 aromatic heterocycles. The molecular formula is C27H32N2O5. The van der Waals surface area contributed by atoms with Crippen LogP contribution in [0.1, 0.15) is 31.0 Å². The van der Waals surface area contributed by atoms with Gasteiger partial charge in [-0.25, -0.2) is 0 Å². The highest BCUT2D eigenvalue weighted by Gasteiger charge is 2.43. The van der Waals surface area contributed by atoms with Crippen LogP contribution < -0.4 is 9.47 Å². The molecule has 1 amide bonds. The van der Waals surface area contributed by atoms with Crippen molar-refractivity contribution in [2.24, 2.45) is 0 Å². The predicted octanol–water partition coefficient (Wildman–Crippen LogP) is 4.02. The molecule has 3 rings (SSSR count). The van der Waals surface area contributed by atoms with Crippen LogP contribution in [0.2, 0.25) is 0 Å². The molecule has 7 heteroatoms. The Labute approximate surface area is 200 Å². The molecule has 1 aliphatic heterocycles. The van der Waals surface area contributed by atoms with Crippen molar-refractivity contribution in [3.8, 4) is 11.5 Å². The van der Waals surface area contributed by atoms with Crippen molar-refractivity contribution in [1.29, 1.82) is 0 Å². The highest BCUT2D eigenvalue weighted by molar-refractivity contribution is 6.14. The lowest BCUT2D eigenvalue weighted by atomic mass is 9.95. The molecule has 7 nitrogen and oxygen atoms in total. The van der Waals surface area contributed by atoms with Crippen LogP contribution in [0.15, 0.2) is 65.9 Å². The average molecular weight is 465 g/mol. The van der Waals surface area contributed by atoms with Crippen LogP contribution in [0.4, 0.5) is 0 Å². The second kappa shape index (κ2) is 11.5. The van der Waals surface area contributed by atoms with Crippen LogP contribution in [0.25, 0.3) is 6.08 Å². The zero-order valence-corrected chi connectivity index (χ0v) is 20.2. The van der Waals surface area contributed by atoms with E-state index in [-0.39, 0.29) is 5.57 Å². The average Bonchev–Trinajstić information content (AvgIpc) is 3.13. The van der Waals surface area contributed by atoms with Crippen molar-refractivity contribution in [3.05, 3.63) is 77.1 Å². The van der Waals surface area contributed by atoms with E-state index in [4.69, 9.17) is 9.47 Å². The summed E-state index contributed by atoms with van der Waals surface area (Å²) in [5.74, 6) is -0.463. The SMILES string of the molecule is CCN(CC)CCN1C(=O)C(O)=C(C(=O)/C=C/c2ccccc2)[C@H]1c1ccc(OC)c(OC)c1. The minimum absolute atomic E-state index is 0.0592. The van der Waals surface area contributed by atoms with Crippen molar-refractivity contribution in [2.45, 2.75) is 19.9 Å². The fourth-order valence-electron chi connectivity index (χ4n) is 4.12. The first-order chi connectivity index (χ1) is 16.4. The molecule has 0 saturated carbocycles. The molecule has 0 fully saturated rings. The van der Waals surface area contributed by atoms with E-state index in [2.05, 4.69) is 18.7 Å². The standard InChI is InChI=1S/C27H32N2O5/c1-5-28(6-2)16-17-29-25(20-13-15-22(33-3)23(18-20)34-4)24(26(31)27(29)32)21(30)14-12-19-10-8-7-9-11-19/h7-15,18,25,31H,5-6,16-17H2,1-4H3/b14-12+/t25-/m1/s1. The van der Waals surface area contributed by atoms with Gasteiger partial charge in [0.1, 0.15) is 0 Å². The summed E-state index contributed by atoms with van der Waals surface area (Å²) in [7, 11) is 3.07. The summed E-state index contributed by atoms with van der Waals surface area (Å²) in [5.41, 5.74) is 1.57. The third-order valence-electron chi connectivity index (χ3n) is 6.07. The van der Waals surface area contributed by atoms with E-state index in [1.807, 2.05) is 30.3 Å². The number of hydrogen-bond donors (Lipinski definition) is 1. The summed E-state index contributed by atoms with van der Waals surface area (Å²) < 4.78 is 10.8. The number of carbonyl (C=O) groups is 2. The molecule has 1 N–H and O–H groups in total. The number of likely N-dealkylation sites (N-methyl/N-ethyl adjacent to an activating group) is 1. The molecule has 34 heavy (non-hydrogen) atoms. The van der Waals surface area contributed by atoms with Gasteiger partial charge in [0.15, 0.2) is 23.0 Å². The number of methoxy groups -OCH3 is 2. The molecule has 1 heterocycles. The summed E-state index contributed by atoms with van der Waals surface area (Å²) in [6.45, 7) is 6.77. The number of amides is 1. The number of aliphatic hydroxyl groups excluding tert-OH is 1. The molecule has 1 aliphatic rings. The topological polar surface area (TPSA) is 79.3 Å². The Morgan fingerprint density at radius 2 is 1.74 bits per heavy atom. The van der Waals surface area contributed by atoms with Crippen molar-refractivity contribution in [2.75, 3.05) is 40.4 Å². The van der Waals surface area contributed by atoms with Gasteiger partial charge in [0, 0.05) is 13.1 Å². The molecular weight excluding hydrogens is 432 g/mol. The fraction of sp³-hybridized carbons (Fsp3) is 0.333. The van der Waals surface area contributed by atoms with Gasteiger partial charge in [-0.3, -0.25) is 9.59 Å². The quantitative estimate of drug-likeness (QED) is 0.506. The van der Waals surface area contributed by atoms with E-state index in [9.17, 15) is 14.7 Å². The van der Waals surface area contributed by atoms with E-state index in [0.29, 0.717) is 30.2 Å². The summed E-state index contributed by atoms with van der Waals surface area (Å²) in [4.78, 5) is 30.1. The highest BCUT2D eigenvalue weighted by Crippen LogP contribution is 2.40. The second-order valence-electron chi connectivity index (χ2n) is 7.91. The van der Waals surface area contributed by atoms with E-state index < -0.39 is 23.5 Å². The molecule has 180 valence electrons. The number of hydrogen-bond acceptors (Lipinski definition) is 6. The number of nitrogens with zero attached hydrogens (tertiary/aromatic N) is 2. The first-order valence-corrected chi connectivity index (χ1v) is 11.4. The molecule has 0 aliphatic carbocycles. The third-order valence-corrected chi connectivity index (χ3v) is 6.07. The Morgan fingerprint density at radius 1 is 1.06 bits per heavy atom. The Hall–Kier alpha value is -3.58. The van der Waals surface area contributed by atoms with Gasteiger partial charge >= 0.3 is 0 Å². The number of aliphatic hydroxyl groups is 1. The summed E-state index contributed by atoms with van der Waals surface area (Å²) in [6, 6.07) is 13.9. The van der Waals surface area contributed by atoms with Gasteiger partial charge in [0.2, 0.25) is 0 Å². The number of allylic oxidation sites excluding steroid dienone is 1. The van der Waals surface area contributed by atoms with Crippen LogP contribution in [0.3, 0.4) is 0 Å². The lowest BCUT2D eigenvalue weighted by Gasteiger charge is -2.29. The van der Waals surface area contributed by atoms with Gasteiger partial charge in [-0.15, -0.1) is 0 Å². The second-order valence-corrected chi connectivity index (χ2v) is 7.91. The van der Waals surface area contributed by atoms with Crippen LogP contribution in [0, 0.1) is 0 Å². The summed E-state index contributed by atoms with van der Waals surface area (Å²) in [5, 5.41) is 10.8. The third kappa shape index (κ3) is 5.31. The van der Waals surface area contributed by atoms with Crippen LogP contribution >= 0.6 is 0 Å². The Balaban J connectivity index is 2.01. The van der Waals surface area contributed by atoms with Gasteiger partial charge in [-0.2, -0.15) is 0 Å². The molecule has 0 radical (unpaired) electrons. The van der Waals surface area contributed by atoms with Crippen molar-refractivity contribution >= 4 is 17.8 Å². The zero-order chi connectivity index (χ0) is 24.7. The smallest absolute Gasteiger partial charge is 0.290 e. The van der Waals surface area contributed by atoms with Crippen molar-refractivity contribution < 1.29 is 24.2 Å². The van der Waals surface area contributed by atoms with Gasteiger partial charge in [-0.1, -0.05) is 56.3 Å². The minimum Gasteiger partial charge on any atom is -0.503 e. The molecule has 0 spiro atoms. The van der Waals surface area contributed by atoms with Gasteiger partial charge in [0.25, 0.3) is 5.91 Å². The monoisotopic (exact) mass is 464 g/mol. The first kappa shape index (κ1) is 25.1. The van der Waals surface area contributed by atoms with Crippen LogP contribution in [0.5, 0.6) is 11.5 Å². The molecule has 1 atom stereocenters. The van der Waals surface area contributed by atoms with E-state index in [1.165, 1.54) is 13.2 Å². The number of ketones is 1. The predicted molar refractivity (Wildman–Crippen MR) is 132 cm³/mol. The minimum atomic E-state index is -0.740. The summed E-state index contributed by atoms with van der Waals surface area (Å²) in [6.07, 6.45) is 3.08. The largest absolute Gasteiger partial charge is 0.503 e. The maximum absolute atomic E-state index is 13.3. The first-order valence-electron chi connectivity index (χ1n) is 11.4. The zero-order valence-electron chi connectivity index (χ0n) is 20.2. The fourth-order valence-corrected chi connectivity index (χ4v) is 4.12. The Morgan fingerprint density at radius 3 is 2.35 bits per heavy atom. The van der Waals surface area contributed by atoms with Crippen LogP contribution in [-0.2, 0) is 9.59 Å². The van der Waals surface area contributed by atoms with E-state index in [1.54, 1.807) is 36.3 Å². The Bertz CT molecular complexity index is 1070. The van der Waals surface area contributed by atoms with Gasteiger partial charge < -0.3 is 24.4 Å². The Kier molecular flexibility index (Phi) is 8.49. The lowest BCUT2D eigenvalue weighted by molar-refractivity contribution is -0.129. The number of benzene rings is 2. The number of carbonyl (C=O) groups excluding carboxylic acids is 2. The number of rotatable bonds is 11.